The van der Waals surface area contributed by atoms with Gasteiger partial charge in [-0.05, 0) is 87.3 Å². The molecule has 3 heteroatoms. The summed E-state index contributed by atoms with van der Waals surface area (Å²) in [6, 6.07) is 10.8. The number of carbonyl (C=O) groups excluding carboxylic acids is 1. The molecule has 0 atom stereocenters. The van der Waals surface area contributed by atoms with E-state index in [1.54, 1.807) is 0 Å². The van der Waals surface area contributed by atoms with E-state index >= 15 is 0 Å². The van der Waals surface area contributed by atoms with Crippen molar-refractivity contribution in [3.63, 3.8) is 0 Å². The van der Waals surface area contributed by atoms with Gasteiger partial charge in [0.25, 0.3) is 0 Å². The number of unbranched alkanes of at least 4 members (excludes halogenated alkanes) is 4. The molecular weight excluding hydrogens is 406 g/mol. The first kappa shape index (κ1) is 25.8. The van der Waals surface area contributed by atoms with Gasteiger partial charge >= 0.3 is 5.97 Å². The maximum atomic E-state index is 12.7. The highest BCUT2D eigenvalue weighted by atomic mass is 16.5. The number of carbonyl (C=O) groups is 1. The van der Waals surface area contributed by atoms with Crippen molar-refractivity contribution in [3.8, 4) is 6.07 Å². The number of ether oxygens (including phenoxy) is 1. The third-order valence-corrected chi connectivity index (χ3v) is 8.32. The van der Waals surface area contributed by atoms with Crippen molar-refractivity contribution >= 4 is 5.97 Å². The van der Waals surface area contributed by atoms with Crippen molar-refractivity contribution in [1.29, 1.82) is 5.26 Å². The van der Waals surface area contributed by atoms with E-state index in [0.717, 1.165) is 44.4 Å². The van der Waals surface area contributed by atoms with Crippen LogP contribution in [0, 0.1) is 22.7 Å². The fraction of sp³-hybridized carbons (Fsp3) is 0.733. The van der Waals surface area contributed by atoms with E-state index in [2.05, 4.69) is 32.0 Å². The Labute approximate surface area is 202 Å². The fourth-order valence-corrected chi connectivity index (χ4v) is 6.05. The molecule has 0 spiro atoms. The Hall–Kier alpha value is -1.82. The predicted molar refractivity (Wildman–Crippen MR) is 135 cm³/mol. The predicted octanol–water partition coefficient (Wildman–Crippen LogP) is 8.73. The molecular formula is C30H45NO2. The van der Waals surface area contributed by atoms with Gasteiger partial charge < -0.3 is 4.74 Å². The lowest BCUT2D eigenvalue weighted by Crippen LogP contribution is -2.31. The Bertz CT molecular complexity index is 746. The van der Waals surface area contributed by atoms with Crippen LogP contribution in [0.1, 0.15) is 138 Å². The summed E-state index contributed by atoms with van der Waals surface area (Å²) in [5, 5.41) is 9.81. The smallest absolute Gasteiger partial charge is 0.338 e. The van der Waals surface area contributed by atoms with E-state index in [0.29, 0.717) is 11.5 Å². The molecule has 0 heterocycles. The average molecular weight is 452 g/mol. The van der Waals surface area contributed by atoms with Gasteiger partial charge in [-0.1, -0.05) is 70.9 Å². The molecule has 3 nitrogen and oxygen atoms in total. The summed E-state index contributed by atoms with van der Waals surface area (Å²) < 4.78 is 5.85. The largest absolute Gasteiger partial charge is 0.459 e. The van der Waals surface area contributed by atoms with Crippen LogP contribution in [0.15, 0.2) is 24.3 Å². The first-order valence-electron chi connectivity index (χ1n) is 13.8. The second-order valence-corrected chi connectivity index (χ2v) is 10.8. The number of nitriles is 1. The molecule has 1 aromatic carbocycles. The van der Waals surface area contributed by atoms with Crippen LogP contribution < -0.4 is 0 Å². The van der Waals surface area contributed by atoms with Gasteiger partial charge in [0.05, 0.1) is 17.0 Å². The van der Waals surface area contributed by atoms with Crippen molar-refractivity contribution in [2.24, 2.45) is 11.3 Å². The minimum atomic E-state index is -0.206. The minimum Gasteiger partial charge on any atom is -0.459 e. The number of esters is 1. The first-order chi connectivity index (χ1) is 16.1. The monoisotopic (exact) mass is 451 g/mol. The van der Waals surface area contributed by atoms with E-state index in [-0.39, 0.29) is 17.5 Å². The number of rotatable bonds is 11. The molecule has 0 saturated heterocycles. The zero-order valence-corrected chi connectivity index (χ0v) is 21.1. The highest BCUT2D eigenvalue weighted by Crippen LogP contribution is 2.41. The number of nitrogens with zero attached hydrogens (tertiary/aromatic N) is 1. The van der Waals surface area contributed by atoms with E-state index < -0.39 is 0 Å². The van der Waals surface area contributed by atoms with Crippen LogP contribution in [0.25, 0.3) is 0 Å². The van der Waals surface area contributed by atoms with Crippen LogP contribution in [-0.4, -0.2) is 12.1 Å². The Kier molecular flexibility index (Phi) is 10.3. The van der Waals surface area contributed by atoms with Crippen LogP contribution in [0.5, 0.6) is 0 Å². The SMILES string of the molecule is CCCCCCCC1(C#N)CCC(OC(=O)c2ccc([C@H]3CC[C@H](CCC)CC3)cc2)CC1. The molecule has 0 N–H and O–H groups in total. The second-order valence-electron chi connectivity index (χ2n) is 10.8. The lowest BCUT2D eigenvalue weighted by Gasteiger charge is -2.34. The van der Waals surface area contributed by atoms with Gasteiger partial charge in [-0.3, -0.25) is 0 Å². The maximum absolute atomic E-state index is 12.7. The van der Waals surface area contributed by atoms with Gasteiger partial charge in [-0.15, -0.1) is 0 Å². The topological polar surface area (TPSA) is 50.1 Å². The molecule has 0 bridgehead atoms. The molecule has 0 unspecified atom stereocenters. The van der Waals surface area contributed by atoms with E-state index in [9.17, 15) is 10.1 Å². The van der Waals surface area contributed by atoms with E-state index in [4.69, 9.17) is 4.74 Å². The fourth-order valence-electron chi connectivity index (χ4n) is 6.05. The van der Waals surface area contributed by atoms with Crippen molar-refractivity contribution in [3.05, 3.63) is 35.4 Å². The number of benzene rings is 1. The molecule has 2 aliphatic rings. The molecule has 0 radical (unpaired) electrons. The molecule has 182 valence electrons. The summed E-state index contributed by atoms with van der Waals surface area (Å²) in [6.07, 6.45) is 18.4. The maximum Gasteiger partial charge on any atom is 0.338 e. The Morgan fingerprint density at radius 2 is 1.61 bits per heavy atom. The van der Waals surface area contributed by atoms with Gasteiger partial charge in [0, 0.05) is 0 Å². The highest BCUT2D eigenvalue weighted by molar-refractivity contribution is 5.89. The van der Waals surface area contributed by atoms with Gasteiger partial charge in [0.1, 0.15) is 6.10 Å². The Balaban J connectivity index is 1.43. The molecule has 2 aliphatic carbocycles. The van der Waals surface area contributed by atoms with Crippen molar-refractivity contribution < 1.29 is 9.53 Å². The van der Waals surface area contributed by atoms with Crippen molar-refractivity contribution in [1.82, 2.24) is 0 Å². The van der Waals surface area contributed by atoms with Crippen LogP contribution in [0.4, 0.5) is 0 Å². The molecule has 3 rings (SSSR count). The molecule has 0 amide bonds. The normalized spacial score (nSPS) is 27.6. The zero-order valence-electron chi connectivity index (χ0n) is 21.1. The van der Waals surface area contributed by atoms with Gasteiger partial charge in [-0.25, -0.2) is 4.79 Å². The third-order valence-electron chi connectivity index (χ3n) is 8.32. The standard InChI is InChI=1S/C30H45NO2/c1-3-5-6-7-8-20-30(23-31)21-18-28(19-22-30)33-29(32)27-16-14-26(15-17-27)25-12-10-24(9-4-2)11-13-25/h14-17,24-25,28H,3-13,18-22H2,1-2H3/t24-,25-,28?,30?. The summed E-state index contributed by atoms with van der Waals surface area (Å²) in [6.45, 7) is 4.51. The lowest BCUT2D eigenvalue weighted by molar-refractivity contribution is 0.0105. The van der Waals surface area contributed by atoms with Crippen molar-refractivity contribution in [2.75, 3.05) is 0 Å². The zero-order chi connectivity index (χ0) is 23.5. The van der Waals surface area contributed by atoms with Crippen molar-refractivity contribution in [2.45, 2.75) is 129 Å². The average Bonchev–Trinajstić information content (AvgIpc) is 2.86. The molecule has 2 fully saturated rings. The summed E-state index contributed by atoms with van der Waals surface area (Å²) in [4.78, 5) is 12.7. The molecule has 0 aliphatic heterocycles. The van der Waals surface area contributed by atoms with E-state index in [1.165, 1.54) is 69.8 Å². The summed E-state index contributed by atoms with van der Waals surface area (Å²) in [7, 11) is 0. The minimum absolute atomic E-state index is 0.0485. The first-order valence-corrected chi connectivity index (χ1v) is 13.8. The molecule has 0 aromatic heterocycles. The third kappa shape index (κ3) is 7.59. The van der Waals surface area contributed by atoms with Gasteiger partial charge in [0.2, 0.25) is 0 Å². The van der Waals surface area contributed by atoms with Gasteiger partial charge in [0.15, 0.2) is 0 Å². The molecule has 1 aromatic rings. The quantitative estimate of drug-likeness (QED) is 0.249. The van der Waals surface area contributed by atoms with Crippen LogP contribution in [0.3, 0.4) is 0 Å². The molecule has 2 saturated carbocycles. The lowest BCUT2D eigenvalue weighted by atomic mass is 9.71. The van der Waals surface area contributed by atoms with E-state index in [1.807, 2.05) is 12.1 Å². The van der Waals surface area contributed by atoms with Crippen LogP contribution in [-0.2, 0) is 4.74 Å². The van der Waals surface area contributed by atoms with Crippen LogP contribution >= 0.6 is 0 Å². The molecule has 33 heavy (non-hydrogen) atoms. The number of hydrogen-bond acceptors (Lipinski definition) is 3. The summed E-state index contributed by atoms with van der Waals surface area (Å²) in [5.74, 6) is 1.35. The Morgan fingerprint density at radius 1 is 0.939 bits per heavy atom. The van der Waals surface area contributed by atoms with Gasteiger partial charge in [-0.2, -0.15) is 5.26 Å². The highest BCUT2D eigenvalue weighted by Gasteiger charge is 2.36. The number of hydrogen-bond donors (Lipinski definition) is 0. The summed E-state index contributed by atoms with van der Waals surface area (Å²) >= 11 is 0. The summed E-state index contributed by atoms with van der Waals surface area (Å²) in [5.41, 5.74) is 1.83. The second kappa shape index (κ2) is 13.2. The Morgan fingerprint density at radius 3 is 2.21 bits per heavy atom. The van der Waals surface area contributed by atoms with Crippen LogP contribution in [0.2, 0.25) is 0 Å².